The molecule has 7 nitrogen and oxygen atoms in total. The SMILES string of the molecule is COCc1cc(C)nc(N/N=C/c2cc(Br)c(OCc3cccc4ccccc34)c(OC)c2)c1C#N. The van der Waals surface area contributed by atoms with E-state index in [4.69, 9.17) is 14.2 Å². The third kappa shape index (κ3) is 5.65. The Bertz CT molecular complexity index is 1460. The van der Waals surface area contributed by atoms with Gasteiger partial charge in [0.15, 0.2) is 17.3 Å². The zero-order valence-corrected chi connectivity index (χ0v) is 21.8. The second kappa shape index (κ2) is 11.7. The number of aryl methyl sites for hydroxylation is 1. The van der Waals surface area contributed by atoms with Gasteiger partial charge in [0.2, 0.25) is 0 Å². The maximum absolute atomic E-state index is 9.59. The standard InChI is InChI=1S/C28H25BrN4O3/c1-18-11-22(16-34-2)24(14-30)28(32-18)33-31-15-19-12-25(29)27(26(13-19)35-3)36-17-21-9-6-8-20-7-4-5-10-23(20)21/h4-13,15H,16-17H2,1-3H3,(H,32,33)/b31-15+. The molecule has 36 heavy (non-hydrogen) atoms. The van der Waals surface area contributed by atoms with Crippen LogP contribution in [0, 0.1) is 18.3 Å². The summed E-state index contributed by atoms with van der Waals surface area (Å²) in [6.07, 6.45) is 1.63. The van der Waals surface area contributed by atoms with Gasteiger partial charge in [0.25, 0.3) is 0 Å². The molecule has 0 fully saturated rings. The number of nitrogens with one attached hydrogen (secondary N) is 1. The average Bonchev–Trinajstić information content (AvgIpc) is 2.88. The smallest absolute Gasteiger partial charge is 0.175 e. The molecule has 0 aliphatic rings. The summed E-state index contributed by atoms with van der Waals surface area (Å²) in [5, 5.41) is 16.2. The molecule has 0 bridgehead atoms. The maximum Gasteiger partial charge on any atom is 0.175 e. The third-order valence-electron chi connectivity index (χ3n) is 5.53. The Labute approximate surface area is 218 Å². The highest BCUT2D eigenvalue weighted by atomic mass is 79.9. The van der Waals surface area contributed by atoms with E-state index in [1.165, 1.54) is 5.39 Å². The molecular weight excluding hydrogens is 520 g/mol. The minimum atomic E-state index is 0.315. The van der Waals surface area contributed by atoms with Gasteiger partial charge in [-0.25, -0.2) is 4.98 Å². The predicted octanol–water partition coefficient (Wildman–Crippen LogP) is 6.36. The van der Waals surface area contributed by atoms with Crippen molar-refractivity contribution in [1.82, 2.24) is 4.98 Å². The number of anilines is 1. The number of pyridine rings is 1. The Kier molecular flexibility index (Phi) is 8.16. The molecule has 8 heteroatoms. The van der Waals surface area contributed by atoms with Gasteiger partial charge < -0.3 is 14.2 Å². The van der Waals surface area contributed by atoms with Crippen molar-refractivity contribution in [3.63, 3.8) is 0 Å². The van der Waals surface area contributed by atoms with Gasteiger partial charge in [-0.1, -0.05) is 42.5 Å². The largest absolute Gasteiger partial charge is 0.493 e. The Hall–Kier alpha value is -3.93. The van der Waals surface area contributed by atoms with Crippen molar-refractivity contribution >= 4 is 38.7 Å². The van der Waals surface area contributed by atoms with Crippen LogP contribution in [-0.2, 0) is 18.0 Å². The number of ether oxygens (including phenoxy) is 3. The highest BCUT2D eigenvalue weighted by Crippen LogP contribution is 2.37. The van der Waals surface area contributed by atoms with Gasteiger partial charge in [-0.2, -0.15) is 10.4 Å². The van der Waals surface area contributed by atoms with Crippen LogP contribution in [-0.4, -0.2) is 25.4 Å². The lowest BCUT2D eigenvalue weighted by molar-refractivity contribution is 0.184. The number of hydrazone groups is 1. The van der Waals surface area contributed by atoms with Gasteiger partial charge in [-0.15, -0.1) is 0 Å². The molecule has 0 aliphatic carbocycles. The molecule has 0 saturated heterocycles. The van der Waals surface area contributed by atoms with Crippen LogP contribution in [0.4, 0.5) is 5.82 Å². The summed E-state index contributed by atoms with van der Waals surface area (Å²) in [6, 6.07) is 22.1. The normalized spacial score (nSPS) is 11.0. The monoisotopic (exact) mass is 544 g/mol. The number of hydrogen-bond acceptors (Lipinski definition) is 7. The first-order valence-electron chi connectivity index (χ1n) is 11.2. The number of methoxy groups -OCH3 is 2. The molecule has 1 N–H and O–H groups in total. The van der Waals surface area contributed by atoms with E-state index < -0.39 is 0 Å². The van der Waals surface area contributed by atoms with E-state index in [2.05, 4.69) is 61.8 Å². The molecule has 0 radical (unpaired) electrons. The van der Waals surface area contributed by atoms with Crippen LogP contribution in [0.25, 0.3) is 10.8 Å². The quantitative estimate of drug-likeness (QED) is 0.195. The lowest BCUT2D eigenvalue weighted by Crippen LogP contribution is -2.04. The van der Waals surface area contributed by atoms with Crippen LogP contribution in [0.1, 0.15) is 27.9 Å². The van der Waals surface area contributed by atoms with Crippen molar-refractivity contribution in [1.29, 1.82) is 5.26 Å². The summed E-state index contributed by atoms with van der Waals surface area (Å²) in [6.45, 7) is 2.56. The highest BCUT2D eigenvalue weighted by Gasteiger charge is 2.13. The van der Waals surface area contributed by atoms with E-state index >= 15 is 0 Å². The van der Waals surface area contributed by atoms with Gasteiger partial charge in [0.1, 0.15) is 18.2 Å². The fourth-order valence-corrected chi connectivity index (χ4v) is 4.48. The minimum Gasteiger partial charge on any atom is -0.493 e. The van der Waals surface area contributed by atoms with Crippen molar-refractivity contribution in [3.8, 4) is 17.6 Å². The van der Waals surface area contributed by atoms with Crippen molar-refractivity contribution in [3.05, 3.63) is 93.1 Å². The zero-order chi connectivity index (χ0) is 25.5. The second-order valence-electron chi connectivity index (χ2n) is 8.02. The predicted molar refractivity (Wildman–Crippen MR) is 145 cm³/mol. The maximum atomic E-state index is 9.59. The van der Waals surface area contributed by atoms with Crippen LogP contribution in [0.5, 0.6) is 11.5 Å². The molecular formula is C28H25BrN4O3. The first kappa shape index (κ1) is 25.2. The van der Waals surface area contributed by atoms with E-state index in [0.29, 0.717) is 36.1 Å². The van der Waals surface area contributed by atoms with Crippen molar-refractivity contribution in [2.45, 2.75) is 20.1 Å². The molecule has 4 aromatic rings. The Balaban J connectivity index is 1.53. The molecule has 0 amide bonds. The fraction of sp³-hybridized carbons (Fsp3) is 0.179. The van der Waals surface area contributed by atoms with E-state index in [0.717, 1.165) is 32.2 Å². The Morgan fingerprint density at radius 3 is 2.64 bits per heavy atom. The summed E-state index contributed by atoms with van der Waals surface area (Å²) in [5.41, 5.74) is 6.65. The van der Waals surface area contributed by atoms with Crippen LogP contribution in [0.3, 0.4) is 0 Å². The second-order valence-corrected chi connectivity index (χ2v) is 8.88. The summed E-state index contributed by atoms with van der Waals surface area (Å²) in [5.74, 6) is 1.55. The first-order valence-corrected chi connectivity index (χ1v) is 12.0. The van der Waals surface area contributed by atoms with Gasteiger partial charge in [-0.05, 0) is 63.0 Å². The van der Waals surface area contributed by atoms with Gasteiger partial charge in [0, 0.05) is 18.4 Å². The highest BCUT2D eigenvalue weighted by molar-refractivity contribution is 9.10. The van der Waals surface area contributed by atoms with Gasteiger partial charge >= 0.3 is 0 Å². The number of fused-ring (bicyclic) bond motifs is 1. The van der Waals surface area contributed by atoms with E-state index in [1.54, 1.807) is 20.4 Å². The molecule has 0 aliphatic heterocycles. The number of aromatic nitrogens is 1. The van der Waals surface area contributed by atoms with Crippen LogP contribution in [0.2, 0.25) is 0 Å². The van der Waals surface area contributed by atoms with Crippen LogP contribution < -0.4 is 14.9 Å². The number of halogens is 1. The van der Waals surface area contributed by atoms with E-state index in [9.17, 15) is 5.26 Å². The van der Waals surface area contributed by atoms with Crippen LogP contribution in [0.15, 0.2) is 70.2 Å². The number of nitriles is 1. The molecule has 0 atom stereocenters. The molecule has 0 spiro atoms. The first-order chi connectivity index (χ1) is 17.5. The molecule has 4 rings (SSSR count). The molecule has 1 heterocycles. The number of benzene rings is 3. The lowest BCUT2D eigenvalue weighted by atomic mass is 10.1. The molecule has 182 valence electrons. The fourth-order valence-electron chi connectivity index (χ4n) is 3.91. The van der Waals surface area contributed by atoms with Gasteiger partial charge in [0.05, 0.1) is 24.4 Å². The summed E-state index contributed by atoms with van der Waals surface area (Å²) >= 11 is 3.60. The third-order valence-corrected chi connectivity index (χ3v) is 6.12. The van der Waals surface area contributed by atoms with Crippen LogP contribution >= 0.6 is 15.9 Å². The summed E-state index contributed by atoms with van der Waals surface area (Å²) in [7, 11) is 3.18. The number of rotatable bonds is 9. The number of hydrogen-bond donors (Lipinski definition) is 1. The topological polar surface area (TPSA) is 88.8 Å². The number of nitrogens with zero attached hydrogens (tertiary/aromatic N) is 3. The van der Waals surface area contributed by atoms with Crippen molar-refractivity contribution < 1.29 is 14.2 Å². The summed E-state index contributed by atoms with van der Waals surface area (Å²) < 4.78 is 17.7. The average molecular weight is 545 g/mol. The van der Waals surface area contributed by atoms with Gasteiger partial charge in [-0.3, -0.25) is 5.43 Å². The summed E-state index contributed by atoms with van der Waals surface area (Å²) in [4.78, 5) is 4.40. The molecule has 3 aromatic carbocycles. The van der Waals surface area contributed by atoms with E-state index in [1.807, 2.05) is 43.3 Å². The molecule has 0 unspecified atom stereocenters. The van der Waals surface area contributed by atoms with E-state index in [-0.39, 0.29) is 0 Å². The Morgan fingerprint density at radius 1 is 1.06 bits per heavy atom. The Morgan fingerprint density at radius 2 is 1.86 bits per heavy atom. The molecule has 0 saturated carbocycles. The zero-order valence-electron chi connectivity index (χ0n) is 20.2. The van der Waals surface area contributed by atoms with Crippen molar-refractivity contribution in [2.75, 3.05) is 19.6 Å². The molecule has 1 aromatic heterocycles. The lowest BCUT2D eigenvalue weighted by Gasteiger charge is -2.14. The minimum absolute atomic E-state index is 0.315. The van der Waals surface area contributed by atoms with Crippen molar-refractivity contribution in [2.24, 2.45) is 5.10 Å².